The zero-order valence-corrected chi connectivity index (χ0v) is 13.6. The molecule has 3 heterocycles. The zero-order valence-electron chi connectivity index (χ0n) is 13.6. The van der Waals surface area contributed by atoms with E-state index in [0.29, 0.717) is 23.7 Å². The molecule has 124 valence electrons. The quantitative estimate of drug-likeness (QED) is 0.623. The summed E-state index contributed by atoms with van der Waals surface area (Å²) in [5.41, 5.74) is 4.13. The Labute approximate surface area is 144 Å². The fraction of sp³-hybridized carbons (Fsp3) is 0.105. The molecule has 1 amide bonds. The molecule has 0 aliphatic heterocycles. The molecule has 0 unspecified atom stereocenters. The Morgan fingerprint density at radius 2 is 2.04 bits per heavy atom. The Morgan fingerprint density at radius 1 is 1.20 bits per heavy atom. The van der Waals surface area contributed by atoms with E-state index < -0.39 is 0 Å². The summed E-state index contributed by atoms with van der Waals surface area (Å²) in [6.45, 7) is 2.33. The molecular weight excluding hydrogens is 316 g/mol. The molecular formula is C19H16N4O2. The number of pyridine rings is 1. The van der Waals surface area contributed by atoms with Gasteiger partial charge in [0.1, 0.15) is 11.9 Å². The second-order valence-corrected chi connectivity index (χ2v) is 5.80. The number of benzene rings is 1. The lowest BCUT2D eigenvalue weighted by atomic mass is 10.1. The SMILES string of the molecule is Cc1ccc(-c2nc(CNC(=O)c3ccc4nccn4c3)co2)cc1. The van der Waals surface area contributed by atoms with E-state index >= 15 is 0 Å². The first kappa shape index (κ1) is 15.1. The Morgan fingerprint density at radius 3 is 2.88 bits per heavy atom. The molecule has 0 bridgehead atoms. The number of fused-ring (bicyclic) bond motifs is 1. The van der Waals surface area contributed by atoms with Crippen LogP contribution in [0, 0.1) is 6.92 Å². The molecule has 3 aromatic heterocycles. The van der Waals surface area contributed by atoms with Gasteiger partial charge in [-0.05, 0) is 31.2 Å². The number of hydrogen-bond donors (Lipinski definition) is 1. The van der Waals surface area contributed by atoms with Gasteiger partial charge < -0.3 is 14.1 Å². The van der Waals surface area contributed by atoms with Crippen LogP contribution in [-0.4, -0.2) is 20.3 Å². The summed E-state index contributed by atoms with van der Waals surface area (Å²) in [4.78, 5) is 20.9. The second-order valence-electron chi connectivity index (χ2n) is 5.80. The molecule has 0 aliphatic carbocycles. The number of aryl methyl sites for hydroxylation is 1. The van der Waals surface area contributed by atoms with E-state index in [0.717, 1.165) is 11.2 Å². The van der Waals surface area contributed by atoms with E-state index in [9.17, 15) is 4.79 Å². The van der Waals surface area contributed by atoms with Crippen molar-refractivity contribution in [1.29, 1.82) is 0 Å². The average Bonchev–Trinajstić information content (AvgIpc) is 3.29. The first-order chi connectivity index (χ1) is 12.2. The van der Waals surface area contributed by atoms with Crippen LogP contribution in [0.15, 0.2) is 65.7 Å². The van der Waals surface area contributed by atoms with Gasteiger partial charge >= 0.3 is 0 Å². The third-order valence-corrected chi connectivity index (χ3v) is 3.93. The lowest BCUT2D eigenvalue weighted by molar-refractivity contribution is 0.0950. The minimum Gasteiger partial charge on any atom is -0.444 e. The number of nitrogens with one attached hydrogen (secondary N) is 1. The summed E-state index contributed by atoms with van der Waals surface area (Å²) in [5.74, 6) is 0.375. The summed E-state index contributed by atoms with van der Waals surface area (Å²) >= 11 is 0. The van der Waals surface area contributed by atoms with Crippen LogP contribution in [0.2, 0.25) is 0 Å². The first-order valence-electron chi connectivity index (χ1n) is 7.91. The summed E-state index contributed by atoms with van der Waals surface area (Å²) in [5, 5.41) is 2.85. The molecule has 0 radical (unpaired) electrons. The van der Waals surface area contributed by atoms with Crippen LogP contribution < -0.4 is 5.32 Å². The van der Waals surface area contributed by atoms with E-state index in [2.05, 4.69) is 15.3 Å². The monoisotopic (exact) mass is 332 g/mol. The van der Waals surface area contributed by atoms with Crippen molar-refractivity contribution < 1.29 is 9.21 Å². The van der Waals surface area contributed by atoms with Crippen molar-refractivity contribution in [1.82, 2.24) is 19.7 Å². The van der Waals surface area contributed by atoms with E-state index in [4.69, 9.17) is 4.42 Å². The Hall–Kier alpha value is -3.41. The molecule has 0 spiro atoms. The number of carbonyl (C=O) groups excluding carboxylic acids is 1. The third-order valence-electron chi connectivity index (χ3n) is 3.93. The first-order valence-corrected chi connectivity index (χ1v) is 7.91. The fourth-order valence-corrected chi connectivity index (χ4v) is 2.54. The molecule has 4 rings (SSSR count). The van der Waals surface area contributed by atoms with Crippen molar-refractivity contribution in [3.8, 4) is 11.5 Å². The van der Waals surface area contributed by atoms with Crippen LogP contribution >= 0.6 is 0 Å². The van der Waals surface area contributed by atoms with Gasteiger partial charge in [-0.15, -0.1) is 0 Å². The average molecular weight is 332 g/mol. The van der Waals surface area contributed by atoms with Crippen molar-refractivity contribution in [3.63, 3.8) is 0 Å². The van der Waals surface area contributed by atoms with Crippen LogP contribution in [0.3, 0.4) is 0 Å². The van der Waals surface area contributed by atoms with Gasteiger partial charge in [0.25, 0.3) is 5.91 Å². The summed E-state index contributed by atoms with van der Waals surface area (Å²) < 4.78 is 7.31. The fourth-order valence-electron chi connectivity index (χ4n) is 2.54. The van der Waals surface area contributed by atoms with Gasteiger partial charge in [-0.25, -0.2) is 9.97 Å². The van der Waals surface area contributed by atoms with Gasteiger partial charge in [0.15, 0.2) is 0 Å². The number of imidazole rings is 1. The number of amides is 1. The van der Waals surface area contributed by atoms with Gasteiger partial charge in [0.05, 0.1) is 17.8 Å². The molecule has 6 nitrogen and oxygen atoms in total. The summed E-state index contributed by atoms with van der Waals surface area (Å²) in [6, 6.07) is 11.5. The Bertz CT molecular complexity index is 1030. The van der Waals surface area contributed by atoms with Gasteiger partial charge in [-0.1, -0.05) is 17.7 Å². The maximum atomic E-state index is 12.3. The largest absolute Gasteiger partial charge is 0.444 e. The molecule has 4 aromatic rings. The molecule has 6 heteroatoms. The van der Waals surface area contributed by atoms with E-state index in [1.165, 1.54) is 5.56 Å². The lowest BCUT2D eigenvalue weighted by Crippen LogP contribution is -2.23. The van der Waals surface area contributed by atoms with Crippen LogP contribution in [0.4, 0.5) is 0 Å². The molecule has 0 saturated carbocycles. The highest BCUT2D eigenvalue weighted by molar-refractivity contribution is 5.94. The van der Waals surface area contributed by atoms with Gasteiger partial charge in [-0.2, -0.15) is 0 Å². The van der Waals surface area contributed by atoms with Crippen LogP contribution in [0.25, 0.3) is 17.1 Å². The highest BCUT2D eigenvalue weighted by atomic mass is 16.3. The van der Waals surface area contributed by atoms with Crippen LogP contribution in [-0.2, 0) is 6.54 Å². The summed E-state index contributed by atoms with van der Waals surface area (Å²) in [6.07, 6.45) is 6.81. The maximum absolute atomic E-state index is 12.3. The number of oxazole rings is 1. The molecule has 0 aliphatic rings. The normalized spacial score (nSPS) is 10.9. The minimum atomic E-state index is -0.171. The number of hydrogen-bond acceptors (Lipinski definition) is 4. The van der Waals surface area contributed by atoms with Crippen LogP contribution in [0.5, 0.6) is 0 Å². The second kappa shape index (κ2) is 6.24. The van der Waals surface area contributed by atoms with Crippen molar-refractivity contribution in [2.75, 3.05) is 0 Å². The van der Waals surface area contributed by atoms with E-state index in [-0.39, 0.29) is 5.91 Å². The highest BCUT2D eigenvalue weighted by Crippen LogP contribution is 2.19. The Balaban J connectivity index is 1.44. The van der Waals surface area contributed by atoms with Crippen molar-refractivity contribution in [3.05, 3.63) is 78.1 Å². The predicted octanol–water partition coefficient (Wildman–Crippen LogP) is 3.23. The Kier molecular flexibility index (Phi) is 3.78. The van der Waals surface area contributed by atoms with E-state index in [1.807, 2.05) is 31.2 Å². The number of rotatable bonds is 4. The van der Waals surface area contributed by atoms with E-state index in [1.54, 1.807) is 41.4 Å². The standard InChI is InChI=1S/C19H16N4O2/c1-13-2-4-14(5-3-13)19-22-16(12-25-19)10-21-18(24)15-6-7-17-20-8-9-23(17)11-15/h2-9,11-12H,10H2,1H3,(H,21,24). The third kappa shape index (κ3) is 3.14. The van der Waals surface area contributed by atoms with Gasteiger partial charge in [0.2, 0.25) is 5.89 Å². The number of carbonyl (C=O) groups is 1. The van der Waals surface area contributed by atoms with Crippen molar-refractivity contribution >= 4 is 11.6 Å². The smallest absolute Gasteiger partial charge is 0.253 e. The topological polar surface area (TPSA) is 72.4 Å². The maximum Gasteiger partial charge on any atom is 0.253 e. The molecule has 0 saturated heterocycles. The van der Waals surface area contributed by atoms with Gasteiger partial charge in [-0.3, -0.25) is 4.79 Å². The highest BCUT2D eigenvalue weighted by Gasteiger charge is 2.10. The minimum absolute atomic E-state index is 0.171. The van der Waals surface area contributed by atoms with Crippen molar-refractivity contribution in [2.24, 2.45) is 0 Å². The number of aromatic nitrogens is 3. The predicted molar refractivity (Wildman–Crippen MR) is 93.0 cm³/mol. The molecule has 1 aromatic carbocycles. The van der Waals surface area contributed by atoms with Crippen molar-refractivity contribution in [2.45, 2.75) is 13.5 Å². The summed E-state index contributed by atoms with van der Waals surface area (Å²) in [7, 11) is 0. The molecule has 0 atom stereocenters. The zero-order chi connectivity index (χ0) is 17.2. The number of nitrogens with zero attached hydrogens (tertiary/aromatic N) is 3. The molecule has 1 N–H and O–H groups in total. The lowest BCUT2D eigenvalue weighted by Gasteiger charge is -2.03. The molecule has 25 heavy (non-hydrogen) atoms. The molecule has 0 fully saturated rings. The van der Waals surface area contributed by atoms with Crippen LogP contribution in [0.1, 0.15) is 21.6 Å². The van der Waals surface area contributed by atoms with Gasteiger partial charge in [0, 0.05) is 24.2 Å².